The van der Waals surface area contributed by atoms with Crippen molar-refractivity contribution >= 4 is 11.3 Å². The molecule has 2 atom stereocenters. The molecule has 1 fully saturated rings. The molecule has 0 aliphatic heterocycles. The molecule has 1 aliphatic rings. The van der Waals surface area contributed by atoms with Gasteiger partial charge in [-0.25, -0.2) is 0 Å². The summed E-state index contributed by atoms with van der Waals surface area (Å²) in [7, 11) is 0. The van der Waals surface area contributed by atoms with Crippen molar-refractivity contribution in [2.75, 3.05) is 0 Å². The minimum absolute atomic E-state index is 0.117. The summed E-state index contributed by atoms with van der Waals surface area (Å²) in [5.41, 5.74) is 8.18. The van der Waals surface area contributed by atoms with E-state index < -0.39 is 0 Å². The lowest BCUT2D eigenvalue weighted by Crippen LogP contribution is -2.39. The summed E-state index contributed by atoms with van der Waals surface area (Å²) in [6.45, 7) is 2.32. The molecule has 1 aromatic rings. The summed E-state index contributed by atoms with van der Waals surface area (Å²) < 4.78 is 0. The number of hydrogen-bond acceptors (Lipinski definition) is 2. The molecule has 1 heterocycles. The average Bonchev–Trinajstić information content (AvgIpc) is 2.77. The summed E-state index contributed by atoms with van der Waals surface area (Å²) in [5, 5.41) is 4.42. The van der Waals surface area contributed by atoms with Crippen LogP contribution < -0.4 is 5.73 Å². The third-order valence-electron chi connectivity index (χ3n) is 4.41. The van der Waals surface area contributed by atoms with Crippen molar-refractivity contribution in [3.05, 3.63) is 22.4 Å². The molecule has 1 nitrogen and oxygen atoms in total. The molecule has 2 unspecified atom stereocenters. The van der Waals surface area contributed by atoms with Gasteiger partial charge in [0.1, 0.15) is 0 Å². The minimum Gasteiger partial charge on any atom is -0.325 e. The van der Waals surface area contributed by atoms with E-state index in [1.54, 1.807) is 11.3 Å². The fourth-order valence-corrected chi connectivity index (χ4v) is 3.69. The third-order valence-corrected chi connectivity index (χ3v) is 5.14. The molecule has 0 spiro atoms. The minimum atomic E-state index is 0.117. The zero-order valence-corrected chi connectivity index (χ0v) is 11.8. The van der Waals surface area contributed by atoms with Gasteiger partial charge in [0.2, 0.25) is 0 Å². The highest BCUT2D eigenvalue weighted by molar-refractivity contribution is 7.07. The molecule has 0 bridgehead atoms. The molecular weight excluding hydrogens is 226 g/mol. The predicted molar refractivity (Wildman–Crippen MR) is 76.4 cm³/mol. The van der Waals surface area contributed by atoms with E-state index in [0.717, 1.165) is 12.3 Å². The first-order valence-electron chi connectivity index (χ1n) is 7.02. The van der Waals surface area contributed by atoms with Crippen LogP contribution in [0.2, 0.25) is 0 Å². The van der Waals surface area contributed by atoms with Crippen LogP contribution in [0.3, 0.4) is 0 Å². The fraction of sp³-hybridized carbons (Fsp3) is 0.733. The largest absolute Gasteiger partial charge is 0.325 e. The van der Waals surface area contributed by atoms with Crippen molar-refractivity contribution in [1.82, 2.24) is 0 Å². The SMILES string of the molecule is CCC1CCCC(N)(CCc2ccsc2)CC1. The zero-order valence-electron chi connectivity index (χ0n) is 11.0. The van der Waals surface area contributed by atoms with E-state index in [4.69, 9.17) is 5.73 Å². The molecule has 96 valence electrons. The first kappa shape index (κ1) is 13.1. The van der Waals surface area contributed by atoms with Crippen LogP contribution in [0.5, 0.6) is 0 Å². The smallest absolute Gasteiger partial charge is 0.0157 e. The summed E-state index contributed by atoms with van der Waals surface area (Å²) in [4.78, 5) is 0. The second-order valence-corrected chi connectivity index (χ2v) is 6.48. The van der Waals surface area contributed by atoms with Gasteiger partial charge >= 0.3 is 0 Å². The van der Waals surface area contributed by atoms with Gasteiger partial charge in [-0.1, -0.05) is 26.2 Å². The van der Waals surface area contributed by atoms with E-state index in [0.29, 0.717) is 0 Å². The number of aryl methyl sites for hydroxylation is 1. The van der Waals surface area contributed by atoms with E-state index in [1.807, 2.05) is 0 Å². The van der Waals surface area contributed by atoms with Crippen LogP contribution in [0.15, 0.2) is 16.8 Å². The normalized spacial score (nSPS) is 30.1. The Morgan fingerprint density at radius 3 is 3.00 bits per heavy atom. The van der Waals surface area contributed by atoms with Crippen LogP contribution in [-0.4, -0.2) is 5.54 Å². The van der Waals surface area contributed by atoms with Crippen molar-refractivity contribution in [2.45, 2.75) is 63.8 Å². The molecular formula is C15H25NS. The molecule has 17 heavy (non-hydrogen) atoms. The Hall–Kier alpha value is -0.340. The highest BCUT2D eigenvalue weighted by Gasteiger charge is 2.28. The molecule has 1 saturated carbocycles. The van der Waals surface area contributed by atoms with Crippen LogP contribution in [0, 0.1) is 5.92 Å². The Bertz CT molecular complexity index is 320. The zero-order chi connectivity index (χ0) is 12.1. The van der Waals surface area contributed by atoms with Crippen molar-refractivity contribution in [3.8, 4) is 0 Å². The molecule has 0 saturated heterocycles. The Kier molecular flexibility index (Phi) is 4.63. The first-order chi connectivity index (χ1) is 8.22. The van der Waals surface area contributed by atoms with E-state index >= 15 is 0 Å². The van der Waals surface area contributed by atoms with Crippen LogP contribution in [0.25, 0.3) is 0 Å². The monoisotopic (exact) mass is 251 g/mol. The quantitative estimate of drug-likeness (QED) is 0.790. The topological polar surface area (TPSA) is 26.0 Å². The van der Waals surface area contributed by atoms with Crippen LogP contribution in [0.4, 0.5) is 0 Å². The summed E-state index contributed by atoms with van der Waals surface area (Å²) in [5.74, 6) is 0.932. The van der Waals surface area contributed by atoms with E-state index in [1.165, 1.54) is 50.5 Å². The molecule has 2 heteroatoms. The highest BCUT2D eigenvalue weighted by Crippen LogP contribution is 2.33. The average molecular weight is 251 g/mol. The van der Waals surface area contributed by atoms with Crippen molar-refractivity contribution in [2.24, 2.45) is 11.7 Å². The number of nitrogens with two attached hydrogens (primary N) is 1. The van der Waals surface area contributed by atoms with Gasteiger partial charge in [-0.2, -0.15) is 11.3 Å². The highest BCUT2D eigenvalue weighted by atomic mass is 32.1. The molecule has 2 N–H and O–H groups in total. The third kappa shape index (κ3) is 3.82. The van der Waals surface area contributed by atoms with E-state index in [2.05, 4.69) is 23.8 Å². The predicted octanol–water partition coefficient (Wildman–Crippen LogP) is 4.37. The molecule has 2 rings (SSSR count). The molecule has 1 aliphatic carbocycles. The Morgan fingerprint density at radius 1 is 1.41 bits per heavy atom. The lowest BCUT2D eigenvalue weighted by molar-refractivity contribution is 0.337. The van der Waals surface area contributed by atoms with Gasteiger partial charge in [-0.3, -0.25) is 0 Å². The van der Waals surface area contributed by atoms with Crippen molar-refractivity contribution in [1.29, 1.82) is 0 Å². The Morgan fingerprint density at radius 2 is 2.29 bits per heavy atom. The van der Waals surface area contributed by atoms with Gasteiger partial charge < -0.3 is 5.73 Å². The maximum atomic E-state index is 6.60. The maximum Gasteiger partial charge on any atom is 0.0157 e. The second kappa shape index (κ2) is 6.01. The summed E-state index contributed by atoms with van der Waals surface area (Å²) in [6, 6.07) is 2.24. The molecule has 0 aromatic carbocycles. The summed E-state index contributed by atoms with van der Waals surface area (Å²) in [6.07, 6.45) is 10.2. The van der Waals surface area contributed by atoms with Crippen molar-refractivity contribution in [3.63, 3.8) is 0 Å². The lowest BCUT2D eigenvalue weighted by Gasteiger charge is -2.28. The molecule has 0 radical (unpaired) electrons. The van der Waals surface area contributed by atoms with Gasteiger partial charge in [-0.05, 0) is 60.4 Å². The number of thiophene rings is 1. The Labute approximate surface area is 109 Å². The number of hydrogen-bond donors (Lipinski definition) is 1. The first-order valence-corrected chi connectivity index (χ1v) is 7.96. The van der Waals surface area contributed by atoms with E-state index in [-0.39, 0.29) is 5.54 Å². The van der Waals surface area contributed by atoms with Crippen molar-refractivity contribution < 1.29 is 0 Å². The van der Waals surface area contributed by atoms with Gasteiger partial charge in [0.25, 0.3) is 0 Å². The molecule has 1 aromatic heterocycles. The van der Waals surface area contributed by atoms with Gasteiger partial charge in [0.05, 0.1) is 0 Å². The fourth-order valence-electron chi connectivity index (χ4n) is 2.99. The summed E-state index contributed by atoms with van der Waals surface area (Å²) >= 11 is 1.79. The maximum absolute atomic E-state index is 6.60. The lowest BCUT2D eigenvalue weighted by atomic mass is 9.85. The van der Waals surface area contributed by atoms with Gasteiger partial charge in [0.15, 0.2) is 0 Å². The second-order valence-electron chi connectivity index (χ2n) is 5.70. The van der Waals surface area contributed by atoms with Crippen LogP contribution >= 0.6 is 11.3 Å². The van der Waals surface area contributed by atoms with E-state index in [9.17, 15) is 0 Å². The van der Waals surface area contributed by atoms with Gasteiger partial charge in [0, 0.05) is 5.54 Å². The number of rotatable bonds is 4. The standard InChI is InChI=1S/C15H25NS/c1-2-13-4-3-8-15(16,9-5-13)10-6-14-7-11-17-12-14/h7,11-13H,2-6,8-10,16H2,1H3. The van der Waals surface area contributed by atoms with Gasteiger partial charge in [-0.15, -0.1) is 0 Å². The Balaban J connectivity index is 1.85. The van der Waals surface area contributed by atoms with Crippen LogP contribution in [0.1, 0.15) is 57.4 Å². The molecule has 0 amide bonds. The van der Waals surface area contributed by atoms with Crippen LogP contribution in [-0.2, 0) is 6.42 Å².